The molecule has 170 valence electrons. The van der Waals surface area contributed by atoms with Crippen molar-refractivity contribution in [2.75, 3.05) is 13.1 Å². The molecule has 6 nitrogen and oxygen atoms in total. The summed E-state index contributed by atoms with van der Waals surface area (Å²) in [6.07, 6.45) is 13.5. The summed E-state index contributed by atoms with van der Waals surface area (Å²) in [5, 5.41) is 8.46. The lowest BCUT2D eigenvalue weighted by Crippen LogP contribution is -2.45. The Labute approximate surface area is 190 Å². The van der Waals surface area contributed by atoms with Gasteiger partial charge in [0, 0.05) is 25.2 Å². The second-order valence-corrected chi connectivity index (χ2v) is 10.6. The van der Waals surface area contributed by atoms with Crippen molar-refractivity contribution in [2.24, 2.45) is 11.8 Å². The van der Waals surface area contributed by atoms with E-state index in [0.29, 0.717) is 12.5 Å². The first-order valence-electron chi connectivity index (χ1n) is 12.8. The van der Waals surface area contributed by atoms with Crippen LogP contribution in [0, 0.1) is 18.8 Å². The summed E-state index contributed by atoms with van der Waals surface area (Å²) >= 11 is 0. The number of imidazole rings is 1. The topological polar surface area (TPSA) is 62.6 Å². The summed E-state index contributed by atoms with van der Waals surface area (Å²) in [7, 11) is 0. The van der Waals surface area contributed by atoms with E-state index in [4.69, 9.17) is 4.98 Å². The lowest BCUT2D eigenvalue weighted by molar-refractivity contribution is 0.0713. The molecule has 3 atom stereocenters. The van der Waals surface area contributed by atoms with Gasteiger partial charge < -0.3 is 14.5 Å². The highest BCUT2D eigenvalue weighted by Crippen LogP contribution is 2.41. The zero-order chi connectivity index (χ0) is 21.5. The van der Waals surface area contributed by atoms with Crippen molar-refractivity contribution in [1.82, 2.24) is 29.6 Å². The van der Waals surface area contributed by atoms with E-state index in [2.05, 4.69) is 48.9 Å². The molecule has 0 unspecified atom stereocenters. The van der Waals surface area contributed by atoms with Crippen LogP contribution in [0.25, 0.3) is 11.0 Å². The lowest BCUT2D eigenvalue weighted by Gasteiger charge is -2.43. The summed E-state index contributed by atoms with van der Waals surface area (Å²) in [6, 6.07) is 9.95. The number of rotatable bonds is 4. The monoisotopic (exact) mass is 432 g/mol. The number of para-hydroxylation sites is 2. The van der Waals surface area contributed by atoms with Crippen LogP contribution in [-0.4, -0.2) is 48.8 Å². The smallest absolute Gasteiger partial charge is 0.137 e. The van der Waals surface area contributed by atoms with Crippen LogP contribution in [0.2, 0.25) is 0 Å². The fraction of sp³-hybridized carbons (Fsp3) is 0.654. The molecule has 3 aliphatic rings. The van der Waals surface area contributed by atoms with Gasteiger partial charge in [0.05, 0.1) is 17.5 Å². The molecule has 3 fully saturated rings. The van der Waals surface area contributed by atoms with Crippen LogP contribution in [0.4, 0.5) is 0 Å². The predicted molar refractivity (Wildman–Crippen MR) is 127 cm³/mol. The van der Waals surface area contributed by atoms with Gasteiger partial charge in [-0.1, -0.05) is 37.8 Å². The predicted octanol–water partition coefficient (Wildman–Crippen LogP) is 5.05. The number of benzene rings is 1. The highest BCUT2D eigenvalue weighted by atomic mass is 15.2. The Morgan fingerprint density at radius 3 is 2.38 bits per heavy atom. The van der Waals surface area contributed by atoms with Crippen molar-refractivity contribution < 1.29 is 0 Å². The van der Waals surface area contributed by atoms with Gasteiger partial charge >= 0.3 is 0 Å². The third-order valence-corrected chi connectivity index (χ3v) is 8.37. The van der Waals surface area contributed by atoms with Crippen LogP contribution >= 0.6 is 0 Å². The van der Waals surface area contributed by atoms with Crippen LogP contribution in [0.15, 0.2) is 24.3 Å². The number of likely N-dealkylation sites (tertiary alicyclic amines) is 1. The molecule has 3 aromatic rings. The van der Waals surface area contributed by atoms with Gasteiger partial charge in [0.2, 0.25) is 0 Å². The molecule has 1 aliphatic heterocycles. The van der Waals surface area contributed by atoms with Crippen molar-refractivity contribution in [3.8, 4) is 0 Å². The van der Waals surface area contributed by atoms with Gasteiger partial charge in [-0.3, -0.25) is 0 Å². The molecule has 1 N–H and O–H groups in total. The minimum Gasteiger partial charge on any atom is -0.329 e. The maximum Gasteiger partial charge on any atom is 0.137 e. The van der Waals surface area contributed by atoms with E-state index in [-0.39, 0.29) is 0 Å². The molecule has 2 saturated carbocycles. The largest absolute Gasteiger partial charge is 0.329 e. The highest BCUT2D eigenvalue weighted by Gasteiger charge is 2.35. The Morgan fingerprint density at radius 2 is 1.66 bits per heavy atom. The molecule has 2 aliphatic carbocycles. The SMILES string of the molecule is Cc1nnc(Cc2nc3ccccc3n2C2CCN([C@@H]3C[C@@H]4CCCC[C@@H](C4)C3)CC2)[nH]1. The number of aryl methyl sites for hydroxylation is 1. The molecule has 6 rings (SSSR count). The number of piperidine rings is 1. The minimum absolute atomic E-state index is 0.517. The van der Waals surface area contributed by atoms with E-state index in [0.717, 1.165) is 40.9 Å². The first kappa shape index (κ1) is 20.4. The van der Waals surface area contributed by atoms with Gasteiger partial charge in [-0.15, -0.1) is 10.2 Å². The van der Waals surface area contributed by atoms with E-state index < -0.39 is 0 Å². The third kappa shape index (κ3) is 3.98. The normalized spacial score (nSPS) is 27.6. The number of nitrogens with zero attached hydrogens (tertiary/aromatic N) is 5. The number of fused-ring (bicyclic) bond motifs is 3. The zero-order valence-corrected chi connectivity index (χ0v) is 19.3. The van der Waals surface area contributed by atoms with Gasteiger partial charge in [-0.05, 0) is 63.0 Å². The van der Waals surface area contributed by atoms with Crippen LogP contribution in [0.3, 0.4) is 0 Å². The Bertz CT molecular complexity index is 1050. The Balaban J connectivity index is 1.20. The van der Waals surface area contributed by atoms with Gasteiger partial charge in [0.1, 0.15) is 17.5 Å². The maximum atomic E-state index is 5.01. The summed E-state index contributed by atoms with van der Waals surface area (Å²) in [6.45, 7) is 4.40. The van der Waals surface area contributed by atoms with Crippen LogP contribution in [0.1, 0.15) is 81.3 Å². The summed E-state index contributed by atoms with van der Waals surface area (Å²) in [4.78, 5) is 11.1. The number of aromatic amines is 1. The standard InChI is InChI=1S/C26H36N6/c1-18-27-25(30-29-18)17-26-28-23-8-4-5-9-24(23)32(26)21-10-12-31(13-11-21)22-15-19-6-2-3-7-20(14-19)16-22/h4-5,8-9,19-22H,2-3,6-7,10-17H2,1H3,(H,27,29,30)/t19-,20+,22-. The third-order valence-electron chi connectivity index (χ3n) is 8.37. The van der Waals surface area contributed by atoms with E-state index in [1.54, 1.807) is 0 Å². The van der Waals surface area contributed by atoms with Crippen LogP contribution < -0.4 is 0 Å². The summed E-state index contributed by atoms with van der Waals surface area (Å²) < 4.78 is 2.52. The Kier molecular flexibility index (Phi) is 5.49. The zero-order valence-electron chi connectivity index (χ0n) is 19.3. The van der Waals surface area contributed by atoms with Crippen molar-refractivity contribution in [2.45, 2.75) is 83.2 Å². The van der Waals surface area contributed by atoms with E-state index in [9.17, 15) is 0 Å². The van der Waals surface area contributed by atoms with Gasteiger partial charge in [-0.25, -0.2) is 4.98 Å². The van der Waals surface area contributed by atoms with Crippen molar-refractivity contribution in [3.63, 3.8) is 0 Å². The number of H-pyrrole nitrogens is 1. The first-order valence-corrected chi connectivity index (χ1v) is 12.8. The molecule has 0 radical (unpaired) electrons. The first-order chi connectivity index (χ1) is 15.7. The lowest BCUT2D eigenvalue weighted by atomic mass is 9.77. The quantitative estimate of drug-likeness (QED) is 0.627. The summed E-state index contributed by atoms with van der Waals surface area (Å²) in [5.41, 5.74) is 2.36. The molecular weight excluding hydrogens is 396 g/mol. The number of aromatic nitrogens is 5. The maximum absolute atomic E-state index is 5.01. The number of nitrogens with one attached hydrogen (secondary N) is 1. The van der Waals surface area contributed by atoms with E-state index in [1.807, 2.05) is 6.92 Å². The average molecular weight is 433 g/mol. The minimum atomic E-state index is 0.517. The molecule has 1 saturated heterocycles. The number of hydrogen-bond acceptors (Lipinski definition) is 4. The fourth-order valence-electron chi connectivity index (χ4n) is 6.92. The molecule has 6 heteroatoms. The fourth-order valence-corrected chi connectivity index (χ4v) is 6.92. The molecular formula is C26H36N6. The van der Waals surface area contributed by atoms with E-state index >= 15 is 0 Å². The molecule has 0 spiro atoms. The second kappa shape index (κ2) is 8.62. The van der Waals surface area contributed by atoms with Crippen LogP contribution in [-0.2, 0) is 6.42 Å². The molecule has 32 heavy (non-hydrogen) atoms. The van der Waals surface area contributed by atoms with Crippen molar-refractivity contribution in [1.29, 1.82) is 0 Å². The Hall–Kier alpha value is -2.21. The molecule has 1 aromatic carbocycles. The molecule has 2 bridgehead atoms. The van der Waals surface area contributed by atoms with Crippen molar-refractivity contribution in [3.05, 3.63) is 41.7 Å². The molecule has 2 aromatic heterocycles. The summed E-state index contributed by atoms with van der Waals surface area (Å²) in [5.74, 6) is 4.87. The average Bonchev–Trinajstić information content (AvgIpc) is 3.34. The van der Waals surface area contributed by atoms with Crippen LogP contribution in [0.5, 0.6) is 0 Å². The van der Waals surface area contributed by atoms with Crippen molar-refractivity contribution >= 4 is 11.0 Å². The van der Waals surface area contributed by atoms with Gasteiger partial charge in [0.15, 0.2) is 0 Å². The number of hydrogen-bond donors (Lipinski definition) is 1. The van der Waals surface area contributed by atoms with Gasteiger partial charge in [-0.2, -0.15) is 0 Å². The molecule has 0 amide bonds. The van der Waals surface area contributed by atoms with Gasteiger partial charge in [0.25, 0.3) is 0 Å². The molecule has 3 heterocycles. The Morgan fingerprint density at radius 1 is 0.906 bits per heavy atom. The highest BCUT2D eigenvalue weighted by molar-refractivity contribution is 5.76. The van der Waals surface area contributed by atoms with E-state index in [1.165, 1.54) is 76.4 Å². The second-order valence-electron chi connectivity index (χ2n) is 10.6.